The molecule has 1 aromatic heterocycles. The van der Waals surface area contributed by atoms with Crippen molar-refractivity contribution < 1.29 is 4.79 Å². The number of H-pyrrole nitrogens is 1. The van der Waals surface area contributed by atoms with Gasteiger partial charge in [-0.3, -0.25) is 9.59 Å². The van der Waals surface area contributed by atoms with Crippen molar-refractivity contribution in [3.8, 4) is 0 Å². The fraction of sp³-hybridized carbons (Fsp3) is 0.571. The summed E-state index contributed by atoms with van der Waals surface area (Å²) in [5.41, 5.74) is 0.300. The number of hydrogen-bond acceptors (Lipinski definition) is 2. The number of unbranched alkanes of at least 4 members (excludes halogenated alkanes) is 3. The molecule has 4 heteroatoms. The molecule has 0 aliphatic rings. The van der Waals surface area contributed by atoms with Crippen LogP contribution in [0.5, 0.6) is 0 Å². The van der Waals surface area contributed by atoms with Gasteiger partial charge in [0.1, 0.15) is 0 Å². The van der Waals surface area contributed by atoms with Crippen LogP contribution in [0.4, 0.5) is 0 Å². The number of aromatic amines is 1. The van der Waals surface area contributed by atoms with Crippen LogP contribution in [0, 0.1) is 0 Å². The maximum atomic E-state index is 11.8. The minimum atomic E-state index is -0.195. The van der Waals surface area contributed by atoms with Crippen molar-refractivity contribution >= 4 is 5.91 Å². The van der Waals surface area contributed by atoms with Gasteiger partial charge in [-0.15, -0.1) is 0 Å². The molecule has 2 N–H and O–H groups in total. The molecule has 0 aliphatic carbocycles. The average molecular weight is 250 g/mol. The number of carbonyl (C=O) groups is 1. The Kier molecular flexibility index (Phi) is 6.19. The predicted molar refractivity (Wildman–Crippen MR) is 72.7 cm³/mol. The topological polar surface area (TPSA) is 62.0 Å². The molecule has 1 aromatic rings. The molecular weight excluding hydrogens is 228 g/mol. The highest BCUT2D eigenvalue weighted by atomic mass is 16.1. The predicted octanol–water partition coefficient (Wildman–Crippen LogP) is 2.46. The molecule has 18 heavy (non-hydrogen) atoms. The molecule has 0 fully saturated rings. The first-order valence-corrected chi connectivity index (χ1v) is 6.63. The van der Waals surface area contributed by atoms with Gasteiger partial charge in [-0.05, 0) is 19.4 Å². The van der Waals surface area contributed by atoms with E-state index in [9.17, 15) is 9.59 Å². The van der Waals surface area contributed by atoms with E-state index in [4.69, 9.17) is 0 Å². The van der Waals surface area contributed by atoms with Gasteiger partial charge in [-0.25, -0.2) is 0 Å². The molecule has 0 radical (unpaired) electrons. The summed E-state index contributed by atoms with van der Waals surface area (Å²) in [6.07, 6.45) is 7.27. The third-order valence-corrected chi connectivity index (χ3v) is 2.91. The Balaban J connectivity index is 2.35. The normalized spacial score (nSPS) is 12.1. The molecule has 1 heterocycles. The standard InChI is InChI=1S/C14H22N2O2/c1-3-4-5-6-7-11(2)16-14(18)12-8-9-13(17)15-10-12/h8-11H,3-7H2,1-2H3,(H,15,17)(H,16,18). The first-order chi connectivity index (χ1) is 8.63. The first kappa shape index (κ1) is 14.5. The molecule has 0 aliphatic heterocycles. The molecule has 100 valence electrons. The molecule has 1 amide bonds. The molecule has 0 saturated heterocycles. The van der Waals surface area contributed by atoms with E-state index in [1.54, 1.807) is 0 Å². The van der Waals surface area contributed by atoms with Crippen molar-refractivity contribution in [2.75, 3.05) is 0 Å². The van der Waals surface area contributed by atoms with Crippen LogP contribution >= 0.6 is 0 Å². The number of aromatic nitrogens is 1. The maximum absolute atomic E-state index is 11.8. The number of amides is 1. The van der Waals surface area contributed by atoms with Gasteiger partial charge in [0, 0.05) is 18.3 Å². The molecule has 1 atom stereocenters. The fourth-order valence-electron chi connectivity index (χ4n) is 1.81. The van der Waals surface area contributed by atoms with Gasteiger partial charge in [0.2, 0.25) is 5.56 Å². The molecule has 1 unspecified atom stereocenters. The lowest BCUT2D eigenvalue weighted by atomic mass is 10.1. The van der Waals surface area contributed by atoms with Crippen molar-refractivity contribution in [2.24, 2.45) is 0 Å². The second-order valence-electron chi connectivity index (χ2n) is 4.67. The smallest absolute Gasteiger partial charge is 0.252 e. The number of hydrogen-bond donors (Lipinski definition) is 2. The summed E-state index contributed by atoms with van der Waals surface area (Å²) in [6.45, 7) is 4.19. The van der Waals surface area contributed by atoms with E-state index < -0.39 is 0 Å². The average Bonchev–Trinajstić information content (AvgIpc) is 2.35. The summed E-state index contributed by atoms with van der Waals surface area (Å²) in [7, 11) is 0. The Morgan fingerprint density at radius 2 is 2.11 bits per heavy atom. The van der Waals surface area contributed by atoms with Crippen LogP contribution in [-0.4, -0.2) is 16.9 Å². The molecule has 0 bridgehead atoms. The third kappa shape index (κ3) is 5.17. The quantitative estimate of drug-likeness (QED) is 0.730. The number of nitrogens with one attached hydrogen (secondary N) is 2. The lowest BCUT2D eigenvalue weighted by molar-refractivity contribution is 0.0937. The minimum Gasteiger partial charge on any atom is -0.350 e. The molecular formula is C14H22N2O2. The minimum absolute atomic E-state index is 0.130. The Hall–Kier alpha value is -1.58. The zero-order valence-corrected chi connectivity index (χ0v) is 11.2. The van der Waals surface area contributed by atoms with Gasteiger partial charge < -0.3 is 10.3 Å². The Morgan fingerprint density at radius 3 is 2.72 bits per heavy atom. The zero-order valence-electron chi connectivity index (χ0n) is 11.2. The highest BCUT2D eigenvalue weighted by Gasteiger charge is 2.09. The summed E-state index contributed by atoms with van der Waals surface area (Å²) in [5, 5.41) is 2.93. The van der Waals surface area contributed by atoms with E-state index in [0.29, 0.717) is 5.56 Å². The van der Waals surface area contributed by atoms with E-state index in [-0.39, 0.29) is 17.5 Å². The maximum Gasteiger partial charge on any atom is 0.252 e. The third-order valence-electron chi connectivity index (χ3n) is 2.91. The van der Waals surface area contributed by atoms with Gasteiger partial charge in [-0.1, -0.05) is 32.6 Å². The summed E-state index contributed by atoms with van der Waals surface area (Å²) >= 11 is 0. The van der Waals surface area contributed by atoms with Crippen molar-refractivity contribution in [1.82, 2.24) is 10.3 Å². The Bertz CT molecular complexity index is 406. The monoisotopic (exact) mass is 250 g/mol. The van der Waals surface area contributed by atoms with Crippen LogP contribution in [0.2, 0.25) is 0 Å². The Morgan fingerprint density at radius 1 is 1.33 bits per heavy atom. The van der Waals surface area contributed by atoms with Gasteiger partial charge in [0.25, 0.3) is 5.91 Å². The summed E-state index contributed by atoms with van der Waals surface area (Å²) in [4.78, 5) is 25.2. The van der Waals surface area contributed by atoms with Gasteiger partial charge in [0.15, 0.2) is 0 Å². The van der Waals surface area contributed by atoms with Gasteiger partial charge in [0.05, 0.1) is 5.56 Å². The summed E-state index contributed by atoms with van der Waals surface area (Å²) in [5.74, 6) is -0.130. The van der Waals surface area contributed by atoms with Crippen LogP contribution in [0.15, 0.2) is 23.1 Å². The first-order valence-electron chi connectivity index (χ1n) is 6.63. The van der Waals surface area contributed by atoms with Gasteiger partial charge >= 0.3 is 0 Å². The second kappa shape index (κ2) is 7.69. The van der Waals surface area contributed by atoms with E-state index >= 15 is 0 Å². The van der Waals surface area contributed by atoms with E-state index in [2.05, 4.69) is 17.2 Å². The second-order valence-corrected chi connectivity index (χ2v) is 4.67. The van der Waals surface area contributed by atoms with Crippen molar-refractivity contribution in [1.29, 1.82) is 0 Å². The highest BCUT2D eigenvalue weighted by molar-refractivity contribution is 5.93. The highest BCUT2D eigenvalue weighted by Crippen LogP contribution is 2.06. The fourth-order valence-corrected chi connectivity index (χ4v) is 1.81. The zero-order chi connectivity index (χ0) is 13.4. The number of carbonyl (C=O) groups excluding carboxylic acids is 1. The van der Waals surface area contributed by atoms with Gasteiger partial charge in [-0.2, -0.15) is 0 Å². The van der Waals surface area contributed by atoms with E-state index in [0.717, 1.165) is 12.8 Å². The lowest BCUT2D eigenvalue weighted by Crippen LogP contribution is -2.32. The Labute approximate surface area is 108 Å². The van der Waals surface area contributed by atoms with Crippen molar-refractivity contribution in [3.05, 3.63) is 34.2 Å². The van der Waals surface area contributed by atoms with Crippen molar-refractivity contribution in [2.45, 2.75) is 52.0 Å². The van der Waals surface area contributed by atoms with Crippen molar-refractivity contribution in [3.63, 3.8) is 0 Å². The van der Waals surface area contributed by atoms with Crippen LogP contribution in [0.3, 0.4) is 0 Å². The summed E-state index contributed by atoms with van der Waals surface area (Å²) in [6, 6.07) is 3.07. The molecule has 1 rings (SSSR count). The SMILES string of the molecule is CCCCCCC(C)NC(=O)c1ccc(=O)[nH]c1. The van der Waals surface area contributed by atoms with E-state index in [1.165, 1.54) is 37.6 Å². The molecule has 0 saturated carbocycles. The molecule has 4 nitrogen and oxygen atoms in total. The lowest BCUT2D eigenvalue weighted by Gasteiger charge is -2.13. The molecule has 0 aromatic carbocycles. The summed E-state index contributed by atoms with van der Waals surface area (Å²) < 4.78 is 0. The van der Waals surface area contributed by atoms with Crippen LogP contribution in [-0.2, 0) is 0 Å². The molecule has 0 spiro atoms. The number of pyridine rings is 1. The number of rotatable bonds is 7. The largest absolute Gasteiger partial charge is 0.350 e. The van der Waals surface area contributed by atoms with Crippen LogP contribution in [0.25, 0.3) is 0 Å². The van der Waals surface area contributed by atoms with Crippen LogP contribution < -0.4 is 10.9 Å². The van der Waals surface area contributed by atoms with Crippen LogP contribution in [0.1, 0.15) is 56.3 Å². The van der Waals surface area contributed by atoms with E-state index in [1.807, 2.05) is 6.92 Å².